The Balaban J connectivity index is 2.11. The fourth-order valence-electron chi connectivity index (χ4n) is 1.29. The second-order valence-electron chi connectivity index (χ2n) is 3.05. The van der Waals surface area contributed by atoms with E-state index in [9.17, 15) is 4.57 Å². The Morgan fingerprint density at radius 2 is 2.08 bits per heavy atom. The first-order chi connectivity index (χ1) is 6.29. The molecule has 0 atom stereocenters. The molecule has 2 rings (SSSR count). The van der Waals surface area contributed by atoms with Gasteiger partial charge in [-0.3, -0.25) is 4.57 Å². The smallest absolute Gasteiger partial charge is 0.178 e. The van der Waals surface area contributed by atoms with Gasteiger partial charge >= 0.3 is 0 Å². The van der Waals surface area contributed by atoms with Crippen molar-refractivity contribution in [2.45, 2.75) is 0 Å². The number of nitrogens with zero attached hydrogens (tertiary/aromatic N) is 1. The highest BCUT2D eigenvalue weighted by atomic mass is 31.2. The van der Waals surface area contributed by atoms with Gasteiger partial charge in [0, 0.05) is 18.5 Å². The van der Waals surface area contributed by atoms with E-state index in [1.165, 1.54) is 0 Å². The third-order valence-electron chi connectivity index (χ3n) is 1.95. The van der Waals surface area contributed by atoms with Gasteiger partial charge in [0.2, 0.25) is 0 Å². The van der Waals surface area contributed by atoms with Gasteiger partial charge in [-0.15, -0.1) is 0 Å². The number of pyridine rings is 1. The Morgan fingerprint density at radius 1 is 1.31 bits per heavy atom. The van der Waals surface area contributed by atoms with Crippen LogP contribution in [-0.4, -0.2) is 17.3 Å². The first kappa shape index (κ1) is 8.52. The summed E-state index contributed by atoms with van der Waals surface area (Å²) in [6.45, 7) is 0. The molecule has 2 heterocycles. The highest BCUT2D eigenvalue weighted by Crippen LogP contribution is 2.47. The van der Waals surface area contributed by atoms with Crippen LogP contribution < -0.4 is 5.09 Å². The van der Waals surface area contributed by atoms with Crippen LogP contribution in [-0.2, 0) is 4.57 Å². The molecule has 4 heteroatoms. The largest absolute Gasteiger partial charge is 0.320 e. The second-order valence-corrected chi connectivity index (χ2v) is 5.79. The zero-order chi connectivity index (χ0) is 9.15. The Kier molecular flexibility index (Phi) is 2.19. The summed E-state index contributed by atoms with van der Waals surface area (Å²) in [7, 11) is -2.22. The van der Waals surface area contributed by atoms with E-state index in [4.69, 9.17) is 0 Å². The molecule has 1 aliphatic heterocycles. The van der Waals surface area contributed by atoms with E-state index in [1.54, 1.807) is 6.20 Å². The molecule has 0 amide bonds. The summed E-state index contributed by atoms with van der Waals surface area (Å²) in [5.41, 5.74) is 0. The summed E-state index contributed by atoms with van der Waals surface area (Å²) in [6.07, 6.45) is 6.89. The van der Waals surface area contributed by atoms with Crippen LogP contribution >= 0.6 is 7.29 Å². The van der Waals surface area contributed by atoms with E-state index in [1.807, 2.05) is 30.4 Å². The molecule has 1 aromatic heterocycles. The first-order valence-electron chi connectivity index (χ1n) is 4.21. The zero-order valence-corrected chi connectivity index (χ0v) is 8.08. The monoisotopic (exact) mass is 194 g/mol. The van der Waals surface area contributed by atoms with Crippen molar-refractivity contribution >= 4 is 13.1 Å². The van der Waals surface area contributed by atoms with Crippen molar-refractivity contribution in [2.75, 3.05) is 17.4 Å². The molecular weight excluding hydrogens is 183 g/mol. The van der Waals surface area contributed by atoms with Gasteiger partial charge in [-0.1, -0.05) is 18.2 Å². The van der Waals surface area contributed by atoms with Crippen molar-refractivity contribution in [1.82, 2.24) is 4.98 Å². The lowest BCUT2D eigenvalue weighted by Crippen LogP contribution is -2.00. The van der Waals surface area contributed by atoms with Crippen LogP contribution in [0.4, 0.5) is 5.82 Å². The molecule has 0 aliphatic carbocycles. The molecule has 1 aromatic rings. The maximum absolute atomic E-state index is 12.0. The van der Waals surface area contributed by atoms with E-state index >= 15 is 0 Å². The van der Waals surface area contributed by atoms with Crippen LogP contribution in [0.1, 0.15) is 0 Å². The third-order valence-corrected chi connectivity index (χ3v) is 4.19. The molecule has 68 valence electrons. The molecule has 1 aliphatic rings. The predicted octanol–water partition coefficient (Wildman–Crippen LogP) is 2.34. The summed E-state index contributed by atoms with van der Waals surface area (Å²) >= 11 is 0. The van der Waals surface area contributed by atoms with Gasteiger partial charge in [0.15, 0.2) is 7.29 Å². The maximum Gasteiger partial charge on any atom is 0.178 e. The summed E-state index contributed by atoms with van der Waals surface area (Å²) < 4.78 is 12.0. The van der Waals surface area contributed by atoms with Crippen molar-refractivity contribution in [3.63, 3.8) is 0 Å². The SMILES string of the molecule is O=P1(Nc2ccccn2)CC=CC1. The van der Waals surface area contributed by atoms with Crippen molar-refractivity contribution in [2.24, 2.45) is 0 Å². The molecule has 0 saturated carbocycles. The molecular formula is C9H11N2OP. The van der Waals surface area contributed by atoms with Gasteiger partial charge in [0.1, 0.15) is 5.82 Å². The van der Waals surface area contributed by atoms with Gasteiger partial charge in [0.05, 0.1) is 0 Å². The minimum Gasteiger partial charge on any atom is -0.320 e. The van der Waals surface area contributed by atoms with E-state index in [2.05, 4.69) is 10.1 Å². The average Bonchev–Trinajstić information content (AvgIpc) is 2.54. The molecule has 1 N–H and O–H groups in total. The molecule has 0 unspecified atom stereocenters. The van der Waals surface area contributed by atoms with Gasteiger partial charge < -0.3 is 5.09 Å². The lowest BCUT2D eigenvalue weighted by atomic mass is 10.5. The van der Waals surface area contributed by atoms with Crippen molar-refractivity contribution < 1.29 is 4.57 Å². The Morgan fingerprint density at radius 3 is 2.69 bits per heavy atom. The van der Waals surface area contributed by atoms with Crippen molar-refractivity contribution in [3.05, 3.63) is 36.5 Å². The van der Waals surface area contributed by atoms with E-state index in [0.29, 0.717) is 18.1 Å². The number of hydrogen-bond donors (Lipinski definition) is 1. The quantitative estimate of drug-likeness (QED) is 0.580. The molecule has 0 fully saturated rings. The number of aromatic nitrogens is 1. The minimum atomic E-state index is -2.22. The molecule has 3 nitrogen and oxygen atoms in total. The van der Waals surface area contributed by atoms with E-state index < -0.39 is 7.29 Å². The topological polar surface area (TPSA) is 42.0 Å². The number of hydrogen-bond acceptors (Lipinski definition) is 2. The molecule has 0 spiro atoms. The molecule has 0 aromatic carbocycles. The maximum atomic E-state index is 12.0. The fraction of sp³-hybridized carbons (Fsp3) is 0.222. The van der Waals surface area contributed by atoms with Crippen LogP contribution in [0.3, 0.4) is 0 Å². The summed E-state index contributed by atoms with van der Waals surface area (Å²) in [5.74, 6) is 0.703. The van der Waals surface area contributed by atoms with Crippen LogP contribution in [0.5, 0.6) is 0 Å². The molecule has 0 bridgehead atoms. The van der Waals surface area contributed by atoms with Crippen molar-refractivity contribution in [1.29, 1.82) is 0 Å². The van der Waals surface area contributed by atoms with Crippen LogP contribution in [0.2, 0.25) is 0 Å². The standard InChI is InChI=1S/C9H11N2OP/c12-13(7-3-4-8-13)11-9-5-1-2-6-10-9/h1-6H,7-8H2,(H,10,11,12). The zero-order valence-electron chi connectivity index (χ0n) is 7.18. The van der Waals surface area contributed by atoms with Crippen LogP contribution in [0.25, 0.3) is 0 Å². The second kappa shape index (κ2) is 3.35. The molecule has 13 heavy (non-hydrogen) atoms. The summed E-state index contributed by atoms with van der Waals surface area (Å²) in [6, 6.07) is 5.55. The number of rotatable bonds is 2. The summed E-state index contributed by atoms with van der Waals surface area (Å²) in [4.78, 5) is 4.08. The lowest BCUT2D eigenvalue weighted by molar-refractivity contribution is 0.583. The first-order valence-corrected chi connectivity index (χ1v) is 6.29. The van der Waals surface area contributed by atoms with Crippen LogP contribution in [0.15, 0.2) is 36.5 Å². The average molecular weight is 194 g/mol. The minimum absolute atomic E-state index is 0.642. The van der Waals surface area contributed by atoms with Gasteiger partial charge in [0.25, 0.3) is 0 Å². The van der Waals surface area contributed by atoms with Crippen molar-refractivity contribution in [3.8, 4) is 0 Å². The van der Waals surface area contributed by atoms with Gasteiger partial charge in [-0.05, 0) is 12.1 Å². The normalized spacial score (nSPS) is 18.8. The van der Waals surface area contributed by atoms with Gasteiger partial charge in [-0.25, -0.2) is 4.98 Å². The Labute approximate surface area is 77.3 Å². The summed E-state index contributed by atoms with van der Waals surface area (Å²) in [5, 5.41) is 3.00. The number of allylic oxidation sites excluding steroid dienone is 2. The highest BCUT2D eigenvalue weighted by Gasteiger charge is 2.22. The predicted molar refractivity (Wildman–Crippen MR) is 54.3 cm³/mol. The lowest BCUT2D eigenvalue weighted by Gasteiger charge is -2.13. The highest BCUT2D eigenvalue weighted by molar-refractivity contribution is 7.66. The van der Waals surface area contributed by atoms with Gasteiger partial charge in [-0.2, -0.15) is 0 Å². The van der Waals surface area contributed by atoms with Crippen LogP contribution in [0, 0.1) is 0 Å². The fourth-order valence-corrected chi connectivity index (χ4v) is 3.15. The molecule has 0 radical (unpaired) electrons. The third kappa shape index (κ3) is 1.99. The number of nitrogens with one attached hydrogen (secondary N) is 1. The molecule has 0 saturated heterocycles. The van der Waals surface area contributed by atoms with E-state index in [0.717, 1.165) is 0 Å². The Bertz CT molecular complexity index is 349. The Hall–Kier alpha value is -1.08. The van der Waals surface area contributed by atoms with E-state index in [-0.39, 0.29) is 0 Å². The number of anilines is 1.